The maximum atomic E-state index is 12.1. The first kappa shape index (κ1) is 18.7. The molecule has 0 atom stereocenters. The summed E-state index contributed by atoms with van der Waals surface area (Å²) in [7, 11) is 1.48. The third-order valence-corrected chi connectivity index (χ3v) is 5.07. The van der Waals surface area contributed by atoms with Crippen LogP contribution in [0, 0.1) is 0 Å². The van der Waals surface area contributed by atoms with Gasteiger partial charge in [0.25, 0.3) is 5.91 Å². The van der Waals surface area contributed by atoms with E-state index in [1.807, 2.05) is 30.0 Å². The monoisotopic (exact) mass is 391 g/mol. The van der Waals surface area contributed by atoms with E-state index in [0.29, 0.717) is 41.1 Å². The van der Waals surface area contributed by atoms with Crippen molar-refractivity contribution in [3.8, 4) is 17.2 Å². The van der Waals surface area contributed by atoms with Gasteiger partial charge in [0, 0.05) is 36.3 Å². The molecule has 3 aromatic rings. The van der Waals surface area contributed by atoms with Crippen LogP contribution in [0.4, 0.5) is 5.69 Å². The van der Waals surface area contributed by atoms with Gasteiger partial charge in [0.1, 0.15) is 17.2 Å². The molecule has 2 heterocycles. The molecular formula is C22H21N3O4. The van der Waals surface area contributed by atoms with Crippen molar-refractivity contribution in [3.05, 3.63) is 53.7 Å². The van der Waals surface area contributed by atoms with E-state index in [0.717, 1.165) is 17.7 Å². The van der Waals surface area contributed by atoms with Crippen LogP contribution in [0.3, 0.4) is 0 Å². The topological polar surface area (TPSA) is 94.8 Å². The van der Waals surface area contributed by atoms with Crippen LogP contribution in [0.1, 0.15) is 29.3 Å². The molecule has 1 aliphatic heterocycles. The first-order chi connectivity index (χ1) is 14.0. The Morgan fingerprint density at radius 3 is 2.72 bits per heavy atom. The second kappa shape index (κ2) is 7.43. The molecule has 0 aliphatic carbocycles. The molecule has 0 fully saturated rings. The Morgan fingerprint density at radius 2 is 2.00 bits per heavy atom. The molecule has 0 bridgehead atoms. The zero-order valence-corrected chi connectivity index (χ0v) is 16.3. The lowest BCUT2D eigenvalue weighted by atomic mass is 10.1. The van der Waals surface area contributed by atoms with Crippen LogP contribution in [-0.4, -0.2) is 30.5 Å². The summed E-state index contributed by atoms with van der Waals surface area (Å²) in [4.78, 5) is 30.0. The summed E-state index contributed by atoms with van der Waals surface area (Å²) in [6.07, 6.45) is 2.90. The number of ether oxygens (including phenoxy) is 2. The molecule has 2 aromatic carbocycles. The minimum atomic E-state index is -0.586. The van der Waals surface area contributed by atoms with E-state index < -0.39 is 5.91 Å². The highest BCUT2D eigenvalue weighted by molar-refractivity contribution is 6.01. The fraction of sp³-hybridized carbons (Fsp3) is 0.227. The van der Waals surface area contributed by atoms with Gasteiger partial charge in [0.2, 0.25) is 5.91 Å². The molecule has 7 heteroatoms. The molecule has 2 N–H and O–H groups in total. The van der Waals surface area contributed by atoms with Gasteiger partial charge in [0.05, 0.1) is 18.2 Å². The summed E-state index contributed by atoms with van der Waals surface area (Å²) in [5.41, 5.74) is 8.38. The Morgan fingerprint density at radius 1 is 1.17 bits per heavy atom. The number of benzene rings is 2. The minimum absolute atomic E-state index is 0.116. The average Bonchev–Trinajstić information content (AvgIpc) is 3.15. The molecule has 0 radical (unpaired) electrons. The molecule has 148 valence electrons. The summed E-state index contributed by atoms with van der Waals surface area (Å²) in [5, 5.41) is 0.658. The van der Waals surface area contributed by atoms with E-state index in [2.05, 4.69) is 4.98 Å². The Hall–Kier alpha value is -3.61. The van der Waals surface area contributed by atoms with Crippen LogP contribution in [0.2, 0.25) is 0 Å². The van der Waals surface area contributed by atoms with Gasteiger partial charge in [-0.05, 0) is 42.3 Å². The maximum absolute atomic E-state index is 12.1. The van der Waals surface area contributed by atoms with Crippen molar-refractivity contribution in [1.82, 2.24) is 4.98 Å². The summed E-state index contributed by atoms with van der Waals surface area (Å²) >= 11 is 0. The second-order valence-corrected chi connectivity index (χ2v) is 6.78. The van der Waals surface area contributed by atoms with Crippen molar-refractivity contribution in [2.24, 2.45) is 5.73 Å². The van der Waals surface area contributed by atoms with E-state index in [1.54, 1.807) is 24.4 Å². The van der Waals surface area contributed by atoms with Crippen molar-refractivity contribution in [1.29, 1.82) is 0 Å². The Kier molecular flexibility index (Phi) is 4.80. The van der Waals surface area contributed by atoms with Crippen molar-refractivity contribution < 1.29 is 19.1 Å². The van der Waals surface area contributed by atoms with E-state index in [-0.39, 0.29) is 11.5 Å². The molecular weight excluding hydrogens is 370 g/mol. The first-order valence-corrected chi connectivity index (χ1v) is 9.39. The molecule has 0 saturated carbocycles. The average molecular weight is 391 g/mol. The molecule has 1 aliphatic rings. The minimum Gasteiger partial charge on any atom is -0.496 e. The number of nitrogens with two attached hydrogens (primary N) is 1. The first-order valence-electron chi connectivity index (χ1n) is 9.39. The molecule has 4 rings (SSSR count). The lowest BCUT2D eigenvalue weighted by Crippen LogP contribution is -2.27. The highest BCUT2D eigenvalue weighted by Crippen LogP contribution is 2.36. The summed E-state index contributed by atoms with van der Waals surface area (Å²) < 4.78 is 11.4. The third-order valence-electron chi connectivity index (χ3n) is 5.07. The molecule has 2 amide bonds. The number of anilines is 1. The predicted octanol–water partition coefficient (Wildman–Crippen LogP) is 3.43. The van der Waals surface area contributed by atoms with Crippen molar-refractivity contribution in [3.63, 3.8) is 0 Å². The van der Waals surface area contributed by atoms with Gasteiger partial charge in [-0.2, -0.15) is 0 Å². The van der Waals surface area contributed by atoms with Crippen LogP contribution < -0.4 is 20.1 Å². The van der Waals surface area contributed by atoms with Crippen LogP contribution in [0.25, 0.3) is 10.9 Å². The molecule has 0 unspecified atom stereocenters. The van der Waals surface area contributed by atoms with Gasteiger partial charge in [-0.15, -0.1) is 0 Å². The number of carbonyl (C=O) groups excluding carboxylic acids is 2. The van der Waals surface area contributed by atoms with Crippen LogP contribution >= 0.6 is 0 Å². The van der Waals surface area contributed by atoms with Crippen LogP contribution in [-0.2, 0) is 11.2 Å². The van der Waals surface area contributed by atoms with Gasteiger partial charge < -0.3 is 20.1 Å². The summed E-state index contributed by atoms with van der Waals surface area (Å²) in [6, 6.07) is 10.7. The number of fused-ring (bicyclic) bond motifs is 2. The van der Waals surface area contributed by atoms with Crippen LogP contribution in [0.15, 0.2) is 42.6 Å². The maximum Gasteiger partial charge on any atom is 0.252 e. The largest absolute Gasteiger partial charge is 0.496 e. The normalized spacial score (nSPS) is 12.7. The summed E-state index contributed by atoms with van der Waals surface area (Å²) in [5.74, 6) is 1.10. The number of pyridine rings is 1. The summed E-state index contributed by atoms with van der Waals surface area (Å²) in [6.45, 7) is 2.55. The number of primary amides is 1. The SMILES string of the molecule is CCC(=O)N1CCc2cc(Oc3ccnc4cc(OC)c(C(N)=O)cc34)ccc21. The predicted molar refractivity (Wildman–Crippen MR) is 110 cm³/mol. The molecule has 0 saturated heterocycles. The van der Waals surface area contributed by atoms with Crippen molar-refractivity contribution in [2.75, 3.05) is 18.6 Å². The van der Waals surface area contributed by atoms with Gasteiger partial charge in [-0.3, -0.25) is 14.6 Å². The molecule has 29 heavy (non-hydrogen) atoms. The fourth-order valence-electron chi connectivity index (χ4n) is 3.62. The lowest BCUT2D eigenvalue weighted by Gasteiger charge is -2.17. The van der Waals surface area contributed by atoms with E-state index in [1.165, 1.54) is 7.11 Å². The van der Waals surface area contributed by atoms with E-state index in [9.17, 15) is 9.59 Å². The van der Waals surface area contributed by atoms with Crippen molar-refractivity contribution >= 4 is 28.4 Å². The Balaban J connectivity index is 1.71. The molecule has 0 spiro atoms. The molecule has 7 nitrogen and oxygen atoms in total. The van der Waals surface area contributed by atoms with Gasteiger partial charge in [-0.25, -0.2) is 0 Å². The zero-order valence-electron chi connectivity index (χ0n) is 16.3. The Bertz CT molecular complexity index is 1130. The highest BCUT2D eigenvalue weighted by atomic mass is 16.5. The number of aromatic nitrogens is 1. The van der Waals surface area contributed by atoms with Gasteiger partial charge in [0.15, 0.2) is 0 Å². The smallest absolute Gasteiger partial charge is 0.252 e. The number of nitrogens with zero attached hydrogens (tertiary/aromatic N) is 2. The zero-order chi connectivity index (χ0) is 20.5. The van der Waals surface area contributed by atoms with Gasteiger partial charge in [-0.1, -0.05) is 6.92 Å². The second-order valence-electron chi connectivity index (χ2n) is 6.78. The van der Waals surface area contributed by atoms with E-state index in [4.69, 9.17) is 15.2 Å². The fourth-order valence-corrected chi connectivity index (χ4v) is 3.62. The number of rotatable bonds is 5. The molecule has 1 aromatic heterocycles. The Labute approximate surface area is 168 Å². The quantitative estimate of drug-likeness (QED) is 0.719. The number of hydrogen-bond donors (Lipinski definition) is 1. The lowest BCUT2D eigenvalue weighted by molar-refractivity contribution is -0.118. The van der Waals surface area contributed by atoms with Gasteiger partial charge >= 0.3 is 0 Å². The third kappa shape index (κ3) is 3.35. The van der Waals surface area contributed by atoms with Crippen LogP contribution in [0.5, 0.6) is 17.2 Å². The number of amides is 2. The number of methoxy groups -OCH3 is 1. The van der Waals surface area contributed by atoms with Crippen molar-refractivity contribution in [2.45, 2.75) is 19.8 Å². The number of carbonyl (C=O) groups is 2. The highest BCUT2D eigenvalue weighted by Gasteiger charge is 2.24. The van der Waals surface area contributed by atoms with E-state index >= 15 is 0 Å². The standard InChI is InChI=1S/C22H21N3O4/c1-3-21(26)25-9-7-13-10-14(4-5-18(13)25)29-19-6-8-24-17-12-20(28-2)16(22(23)27)11-15(17)19/h4-6,8,10-12H,3,7,9H2,1-2H3,(H2,23,27). The number of hydrogen-bond acceptors (Lipinski definition) is 5.